The Kier molecular flexibility index (Phi) is 5.51. The number of hydrogen-bond acceptors (Lipinski definition) is 4. The normalized spacial score (nSPS) is 14.9. The smallest absolute Gasteiger partial charge is 0.270 e. The van der Waals surface area contributed by atoms with Gasteiger partial charge in [-0.25, -0.2) is 0 Å². The lowest BCUT2D eigenvalue weighted by atomic mass is 10.0. The van der Waals surface area contributed by atoms with Crippen LogP contribution in [0.3, 0.4) is 0 Å². The van der Waals surface area contributed by atoms with E-state index in [2.05, 4.69) is 10.2 Å². The van der Waals surface area contributed by atoms with Crippen LogP contribution in [0.15, 0.2) is 48.5 Å². The molecule has 0 aliphatic carbocycles. The van der Waals surface area contributed by atoms with Crippen molar-refractivity contribution in [2.45, 2.75) is 25.7 Å². The molecule has 1 fully saturated rings. The van der Waals surface area contributed by atoms with Crippen LogP contribution in [0.1, 0.15) is 41.6 Å². The maximum Gasteiger partial charge on any atom is 0.270 e. The van der Waals surface area contributed by atoms with Crippen LogP contribution in [0.25, 0.3) is 0 Å². The standard InChI is InChI=1S/C20H23N3O3/c1-15(16-7-3-2-4-8-16)14-21-20(24)18-13-17(23(25)26)9-10-19(18)22-11-5-6-12-22/h2-4,7-10,13,15H,5-6,11-12,14H2,1H3,(H,21,24). The highest BCUT2D eigenvalue weighted by molar-refractivity contribution is 6.00. The average Bonchev–Trinajstić information content (AvgIpc) is 3.20. The van der Waals surface area contributed by atoms with E-state index in [4.69, 9.17) is 0 Å². The van der Waals surface area contributed by atoms with Crippen molar-refractivity contribution >= 4 is 17.3 Å². The van der Waals surface area contributed by atoms with Gasteiger partial charge < -0.3 is 10.2 Å². The molecule has 6 heteroatoms. The van der Waals surface area contributed by atoms with Crippen molar-refractivity contribution in [1.82, 2.24) is 5.32 Å². The summed E-state index contributed by atoms with van der Waals surface area (Å²) >= 11 is 0. The Morgan fingerprint density at radius 2 is 1.88 bits per heavy atom. The fourth-order valence-electron chi connectivity index (χ4n) is 3.29. The second-order valence-electron chi connectivity index (χ2n) is 6.67. The van der Waals surface area contributed by atoms with E-state index in [1.54, 1.807) is 6.07 Å². The Labute approximate surface area is 153 Å². The number of benzene rings is 2. The molecule has 3 rings (SSSR count). The lowest BCUT2D eigenvalue weighted by Crippen LogP contribution is -2.30. The number of nitro groups is 1. The molecule has 1 unspecified atom stereocenters. The summed E-state index contributed by atoms with van der Waals surface area (Å²) in [6, 6.07) is 14.5. The summed E-state index contributed by atoms with van der Waals surface area (Å²) in [4.78, 5) is 25.6. The van der Waals surface area contributed by atoms with Crippen molar-refractivity contribution in [3.05, 3.63) is 69.8 Å². The lowest BCUT2D eigenvalue weighted by Gasteiger charge is -2.21. The summed E-state index contributed by atoms with van der Waals surface area (Å²) in [7, 11) is 0. The summed E-state index contributed by atoms with van der Waals surface area (Å²) in [5, 5.41) is 14.1. The highest BCUT2D eigenvalue weighted by Gasteiger charge is 2.22. The van der Waals surface area contributed by atoms with Crippen molar-refractivity contribution in [2.75, 3.05) is 24.5 Å². The van der Waals surface area contributed by atoms with Gasteiger partial charge in [-0.05, 0) is 30.4 Å². The molecule has 1 amide bonds. The number of amides is 1. The quantitative estimate of drug-likeness (QED) is 0.634. The van der Waals surface area contributed by atoms with Crippen LogP contribution in [0.2, 0.25) is 0 Å². The van der Waals surface area contributed by atoms with E-state index in [-0.39, 0.29) is 17.5 Å². The van der Waals surface area contributed by atoms with Gasteiger partial charge in [0.25, 0.3) is 11.6 Å². The SMILES string of the molecule is CC(CNC(=O)c1cc([N+](=O)[O-])ccc1N1CCCC1)c1ccccc1. The Morgan fingerprint density at radius 1 is 1.19 bits per heavy atom. The fourth-order valence-corrected chi connectivity index (χ4v) is 3.29. The van der Waals surface area contributed by atoms with E-state index < -0.39 is 4.92 Å². The van der Waals surface area contributed by atoms with E-state index in [1.165, 1.54) is 12.1 Å². The van der Waals surface area contributed by atoms with Gasteiger partial charge in [-0.2, -0.15) is 0 Å². The first-order chi connectivity index (χ1) is 12.6. The number of nitrogens with zero attached hydrogens (tertiary/aromatic N) is 2. The first kappa shape index (κ1) is 17.9. The number of anilines is 1. The first-order valence-electron chi connectivity index (χ1n) is 8.93. The zero-order valence-corrected chi connectivity index (χ0v) is 14.9. The molecule has 2 aromatic carbocycles. The van der Waals surface area contributed by atoms with E-state index in [1.807, 2.05) is 37.3 Å². The Hall–Kier alpha value is -2.89. The summed E-state index contributed by atoms with van der Waals surface area (Å²) in [6.07, 6.45) is 2.15. The number of rotatable bonds is 6. The number of nitrogens with one attached hydrogen (secondary N) is 1. The number of carbonyl (C=O) groups is 1. The van der Waals surface area contributed by atoms with Crippen molar-refractivity contribution in [1.29, 1.82) is 0 Å². The Balaban J connectivity index is 1.78. The predicted molar refractivity (Wildman–Crippen MR) is 102 cm³/mol. The minimum atomic E-state index is -0.461. The molecular weight excluding hydrogens is 330 g/mol. The summed E-state index contributed by atoms with van der Waals surface area (Å²) in [6.45, 7) is 4.27. The minimum Gasteiger partial charge on any atom is -0.371 e. The molecule has 1 atom stereocenters. The topological polar surface area (TPSA) is 75.5 Å². The highest BCUT2D eigenvalue weighted by atomic mass is 16.6. The van der Waals surface area contributed by atoms with Crippen molar-refractivity contribution < 1.29 is 9.72 Å². The van der Waals surface area contributed by atoms with E-state index in [0.717, 1.165) is 37.2 Å². The number of hydrogen-bond donors (Lipinski definition) is 1. The maximum absolute atomic E-state index is 12.8. The summed E-state index contributed by atoms with van der Waals surface area (Å²) < 4.78 is 0. The maximum atomic E-state index is 12.8. The number of non-ortho nitro benzene ring substituents is 1. The van der Waals surface area contributed by atoms with Crippen LogP contribution >= 0.6 is 0 Å². The molecule has 1 heterocycles. The molecule has 0 bridgehead atoms. The van der Waals surface area contributed by atoms with Gasteiger partial charge >= 0.3 is 0 Å². The van der Waals surface area contributed by atoms with E-state index >= 15 is 0 Å². The predicted octanol–water partition coefficient (Wildman–Crippen LogP) is 3.73. The molecule has 6 nitrogen and oxygen atoms in total. The molecule has 2 aromatic rings. The monoisotopic (exact) mass is 353 g/mol. The van der Waals surface area contributed by atoms with Crippen LogP contribution in [-0.4, -0.2) is 30.5 Å². The molecule has 0 aromatic heterocycles. The van der Waals surface area contributed by atoms with Gasteiger partial charge in [0.15, 0.2) is 0 Å². The lowest BCUT2D eigenvalue weighted by molar-refractivity contribution is -0.384. The molecule has 1 saturated heterocycles. The molecule has 1 aliphatic rings. The fraction of sp³-hybridized carbons (Fsp3) is 0.350. The van der Waals surface area contributed by atoms with Crippen molar-refractivity contribution in [2.24, 2.45) is 0 Å². The third-order valence-corrected chi connectivity index (χ3v) is 4.82. The van der Waals surface area contributed by atoms with E-state index in [9.17, 15) is 14.9 Å². The third kappa shape index (κ3) is 4.02. The molecule has 0 spiro atoms. The van der Waals surface area contributed by atoms with Crippen molar-refractivity contribution in [3.63, 3.8) is 0 Å². The van der Waals surface area contributed by atoms with Gasteiger partial charge in [0, 0.05) is 31.8 Å². The van der Waals surface area contributed by atoms with Crippen LogP contribution in [0, 0.1) is 10.1 Å². The van der Waals surface area contributed by atoms with Gasteiger partial charge in [-0.15, -0.1) is 0 Å². The van der Waals surface area contributed by atoms with Crippen molar-refractivity contribution in [3.8, 4) is 0 Å². The Bertz CT molecular complexity index is 786. The molecule has 26 heavy (non-hydrogen) atoms. The molecular formula is C20H23N3O3. The molecule has 136 valence electrons. The summed E-state index contributed by atoms with van der Waals surface area (Å²) in [5.41, 5.74) is 2.24. The number of nitro benzene ring substituents is 1. The number of carbonyl (C=O) groups excluding carboxylic acids is 1. The van der Waals surface area contributed by atoms with Crippen LogP contribution in [0.5, 0.6) is 0 Å². The zero-order valence-electron chi connectivity index (χ0n) is 14.9. The van der Waals surface area contributed by atoms with Gasteiger partial charge in [0.05, 0.1) is 16.2 Å². The van der Waals surface area contributed by atoms with E-state index in [0.29, 0.717) is 12.1 Å². The van der Waals surface area contributed by atoms with Gasteiger partial charge in [-0.3, -0.25) is 14.9 Å². The zero-order chi connectivity index (χ0) is 18.5. The van der Waals surface area contributed by atoms with Crippen LogP contribution < -0.4 is 10.2 Å². The third-order valence-electron chi connectivity index (χ3n) is 4.82. The molecule has 0 radical (unpaired) electrons. The first-order valence-corrected chi connectivity index (χ1v) is 8.93. The second-order valence-corrected chi connectivity index (χ2v) is 6.67. The highest BCUT2D eigenvalue weighted by Crippen LogP contribution is 2.28. The minimum absolute atomic E-state index is 0.0609. The largest absolute Gasteiger partial charge is 0.371 e. The molecule has 1 aliphatic heterocycles. The van der Waals surface area contributed by atoms with Gasteiger partial charge in [-0.1, -0.05) is 37.3 Å². The van der Waals surface area contributed by atoms with Gasteiger partial charge in [0.1, 0.15) is 0 Å². The van der Waals surface area contributed by atoms with Gasteiger partial charge in [0.2, 0.25) is 0 Å². The van der Waals surface area contributed by atoms with Crippen LogP contribution in [0.4, 0.5) is 11.4 Å². The van der Waals surface area contributed by atoms with Crippen LogP contribution in [-0.2, 0) is 0 Å². The molecule has 0 saturated carbocycles. The Morgan fingerprint density at radius 3 is 2.54 bits per heavy atom. The average molecular weight is 353 g/mol. The summed E-state index contributed by atoms with van der Waals surface area (Å²) in [5.74, 6) is -0.104. The molecule has 1 N–H and O–H groups in total. The second kappa shape index (κ2) is 7.99.